The van der Waals surface area contributed by atoms with Crippen molar-refractivity contribution in [2.75, 3.05) is 0 Å². The van der Waals surface area contributed by atoms with E-state index in [4.69, 9.17) is 0 Å². The molecule has 2 saturated heterocycles. The second-order valence-electron chi connectivity index (χ2n) is 7.40. The molecule has 2 aliphatic rings. The maximum atomic E-state index is 12.6. The molecular formula is C15H24N4O. The van der Waals surface area contributed by atoms with Crippen LogP contribution in [0, 0.1) is 5.41 Å². The van der Waals surface area contributed by atoms with Crippen molar-refractivity contribution in [3.8, 4) is 0 Å². The lowest BCUT2D eigenvalue weighted by molar-refractivity contribution is -0.138. The number of hydrogen-bond acceptors (Lipinski definition) is 3. The molecule has 2 atom stereocenters. The van der Waals surface area contributed by atoms with E-state index in [2.05, 4.69) is 35.9 Å². The molecule has 0 aromatic carbocycles. The molecule has 0 aliphatic carbocycles. The summed E-state index contributed by atoms with van der Waals surface area (Å²) in [4.78, 5) is 16.6. The Morgan fingerprint density at radius 1 is 1.10 bits per heavy atom. The molecule has 3 rings (SSSR count). The Bertz CT molecular complexity index is 463. The third-order valence-electron chi connectivity index (χ3n) is 4.44. The van der Waals surface area contributed by atoms with Crippen molar-refractivity contribution >= 4 is 5.91 Å². The lowest BCUT2D eigenvalue weighted by Crippen LogP contribution is -2.48. The summed E-state index contributed by atoms with van der Waals surface area (Å²) < 4.78 is 0. The Hall–Kier alpha value is -1.39. The zero-order valence-electron chi connectivity index (χ0n) is 12.6. The van der Waals surface area contributed by atoms with Crippen LogP contribution in [0.4, 0.5) is 0 Å². The monoisotopic (exact) mass is 276 g/mol. The van der Waals surface area contributed by atoms with Gasteiger partial charge in [-0.2, -0.15) is 15.0 Å². The molecule has 20 heavy (non-hydrogen) atoms. The quantitative estimate of drug-likeness (QED) is 0.833. The van der Waals surface area contributed by atoms with E-state index < -0.39 is 0 Å². The summed E-state index contributed by atoms with van der Waals surface area (Å²) in [6.45, 7) is 6.40. The van der Waals surface area contributed by atoms with Gasteiger partial charge in [-0.1, -0.05) is 20.8 Å². The molecular weight excluding hydrogens is 252 g/mol. The molecule has 1 aromatic heterocycles. The Balaban J connectivity index is 1.70. The minimum atomic E-state index is 0.0664. The molecule has 1 amide bonds. The van der Waals surface area contributed by atoms with Crippen LogP contribution in [0.1, 0.15) is 58.9 Å². The van der Waals surface area contributed by atoms with Gasteiger partial charge in [0, 0.05) is 18.5 Å². The molecule has 0 spiro atoms. The summed E-state index contributed by atoms with van der Waals surface area (Å²) in [5, 5.41) is 8.54. The number of rotatable bonds is 2. The van der Waals surface area contributed by atoms with E-state index in [9.17, 15) is 4.79 Å². The van der Waals surface area contributed by atoms with Crippen molar-refractivity contribution in [3.63, 3.8) is 0 Å². The Kier molecular flexibility index (Phi) is 3.30. The van der Waals surface area contributed by atoms with Gasteiger partial charge in [-0.3, -0.25) is 4.79 Å². The highest BCUT2D eigenvalue weighted by atomic mass is 16.2. The van der Waals surface area contributed by atoms with Gasteiger partial charge in [-0.25, -0.2) is 0 Å². The molecule has 5 heteroatoms. The summed E-state index contributed by atoms with van der Waals surface area (Å²) in [7, 11) is 0. The van der Waals surface area contributed by atoms with E-state index in [0.29, 0.717) is 30.5 Å². The fourth-order valence-electron chi connectivity index (χ4n) is 3.70. The van der Waals surface area contributed by atoms with Gasteiger partial charge in [0.1, 0.15) is 0 Å². The summed E-state index contributed by atoms with van der Waals surface area (Å²) in [6.07, 6.45) is 8.39. The SMILES string of the molecule is CC(C)(C)CC(=O)N1C2CCC1CC(n1nccn1)C2. The molecule has 2 unspecified atom stereocenters. The number of carbonyl (C=O) groups excluding carboxylic acids is 1. The van der Waals surface area contributed by atoms with Crippen LogP contribution in [0.2, 0.25) is 0 Å². The van der Waals surface area contributed by atoms with E-state index >= 15 is 0 Å². The Morgan fingerprint density at radius 2 is 1.65 bits per heavy atom. The van der Waals surface area contributed by atoms with Crippen molar-refractivity contribution in [1.29, 1.82) is 0 Å². The van der Waals surface area contributed by atoms with Crippen LogP contribution in [-0.4, -0.2) is 37.9 Å². The molecule has 0 radical (unpaired) electrons. The zero-order chi connectivity index (χ0) is 14.3. The molecule has 3 heterocycles. The van der Waals surface area contributed by atoms with Gasteiger partial charge < -0.3 is 4.90 Å². The highest BCUT2D eigenvalue weighted by molar-refractivity contribution is 5.78. The molecule has 1 aromatic rings. The summed E-state index contributed by atoms with van der Waals surface area (Å²) in [6, 6.07) is 1.14. The molecule has 5 nitrogen and oxygen atoms in total. The van der Waals surface area contributed by atoms with Gasteiger partial charge in [0.2, 0.25) is 5.91 Å². The lowest BCUT2D eigenvalue weighted by Gasteiger charge is -2.39. The number of hydrogen-bond donors (Lipinski definition) is 0. The predicted molar refractivity (Wildman–Crippen MR) is 76.0 cm³/mol. The van der Waals surface area contributed by atoms with Crippen molar-refractivity contribution in [2.24, 2.45) is 5.41 Å². The standard InChI is InChI=1S/C15H24N4O/c1-15(2,3)10-14(20)18-11-4-5-12(18)9-13(8-11)19-16-6-7-17-19/h6-7,11-13H,4-5,8-10H2,1-3H3. The van der Waals surface area contributed by atoms with Crippen molar-refractivity contribution in [1.82, 2.24) is 19.9 Å². The van der Waals surface area contributed by atoms with Crippen molar-refractivity contribution in [3.05, 3.63) is 12.4 Å². The van der Waals surface area contributed by atoms with Gasteiger partial charge >= 0.3 is 0 Å². The number of nitrogens with zero attached hydrogens (tertiary/aromatic N) is 4. The average Bonchev–Trinajstić information content (AvgIpc) is 2.94. The number of carbonyl (C=O) groups is 1. The summed E-state index contributed by atoms with van der Waals surface area (Å²) in [5.74, 6) is 0.330. The highest BCUT2D eigenvalue weighted by Crippen LogP contribution is 2.41. The van der Waals surface area contributed by atoms with Crippen LogP contribution in [0.25, 0.3) is 0 Å². The van der Waals surface area contributed by atoms with Crippen LogP contribution in [-0.2, 0) is 4.79 Å². The van der Waals surface area contributed by atoms with Crippen molar-refractivity contribution < 1.29 is 4.79 Å². The minimum Gasteiger partial charge on any atom is -0.337 e. The van der Waals surface area contributed by atoms with E-state index in [1.165, 1.54) is 0 Å². The van der Waals surface area contributed by atoms with Crippen LogP contribution < -0.4 is 0 Å². The van der Waals surface area contributed by atoms with Crippen molar-refractivity contribution in [2.45, 2.75) is 71.0 Å². The molecule has 0 N–H and O–H groups in total. The number of amides is 1. The Morgan fingerprint density at radius 3 is 2.15 bits per heavy atom. The van der Waals surface area contributed by atoms with Gasteiger partial charge in [0.05, 0.1) is 18.4 Å². The summed E-state index contributed by atoms with van der Waals surface area (Å²) >= 11 is 0. The van der Waals surface area contributed by atoms with Crippen LogP contribution >= 0.6 is 0 Å². The largest absolute Gasteiger partial charge is 0.337 e. The second kappa shape index (κ2) is 4.86. The smallest absolute Gasteiger partial charge is 0.223 e. The zero-order valence-corrected chi connectivity index (χ0v) is 12.6. The molecule has 0 saturated carbocycles. The maximum Gasteiger partial charge on any atom is 0.223 e. The first-order valence-corrected chi connectivity index (χ1v) is 7.61. The number of fused-ring (bicyclic) bond motifs is 2. The van der Waals surface area contributed by atoms with Gasteiger partial charge in [-0.05, 0) is 31.1 Å². The normalized spacial score (nSPS) is 29.8. The molecule has 2 aliphatic heterocycles. The molecule has 2 bridgehead atoms. The average molecular weight is 276 g/mol. The molecule has 2 fully saturated rings. The third kappa shape index (κ3) is 2.58. The number of piperidine rings is 1. The topological polar surface area (TPSA) is 51.0 Å². The maximum absolute atomic E-state index is 12.6. The van der Waals surface area contributed by atoms with Crippen LogP contribution in [0.15, 0.2) is 12.4 Å². The first-order chi connectivity index (χ1) is 9.44. The van der Waals surface area contributed by atoms with E-state index in [0.717, 1.165) is 25.7 Å². The fourth-order valence-corrected chi connectivity index (χ4v) is 3.70. The van der Waals surface area contributed by atoms with Gasteiger partial charge in [-0.15, -0.1) is 0 Å². The second-order valence-corrected chi connectivity index (χ2v) is 7.40. The minimum absolute atomic E-state index is 0.0664. The highest BCUT2D eigenvalue weighted by Gasteiger charge is 2.44. The predicted octanol–water partition coefficient (Wildman–Crippen LogP) is 2.41. The van der Waals surface area contributed by atoms with Crippen LogP contribution in [0.5, 0.6) is 0 Å². The lowest BCUT2D eigenvalue weighted by atomic mass is 9.90. The Labute approximate surface area is 120 Å². The first kappa shape index (κ1) is 13.6. The van der Waals surface area contributed by atoms with Crippen LogP contribution in [0.3, 0.4) is 0 Å². The van der Waals surface area contributed by atoms with E-state index in [-0.39, 0.29) is 5.41 Å². The molecule has 110 valence electrons. The fraction of sp³-hybridized carbons (Fsp3) is 0.800. The van der Waals surface area contributed by atoms with E-state index in [1.54, 1.807) is 12.4 Å². The van der Waals surface area contributed by atoms with E-state index in [1.807, 2.05) is 4.80 Å². The first-order valence-electron chi connectivity index (χ1n) is 7.61. The van der Waals surface area contributed by atoms with Gasteiger partial charge in [0.25, 0.3) is 0 Å². The third-order valence-corrected chi connectivity index (χ3v) is 4.44. The number of aromatic nitrogens is 3. The van der Waals surface area contributed by atoms with Gasteiger partial charge in [0.15, 0.2) is 0 Å². The summed E-state index contributed by atoms with van der Waals surface area (Å²) in [5.41, 5.74) is 0.0664.